The van der Waals surface area contributed by atoms with Crippen LogP contribution in [0.1, 0.15) is 34.6 Å². The molecule has 3 aromatic rings. The third-order valence-electron chi connectivity index (χ3n) is 3.85. The lowest BCUT2D eigenvalue weighted by molar-refractivity contribution is 0.0452. The molecule has 4 heteroatoms. The van der Waals surface area contributed by atoms with Crippen molar-refractivity contribution in [1.29, 1.82) is 0 Å². The highest BCUT2D eigenvalue weighted by atomic mass is 16.5. The molecule has 3 aromatic carbocycles. The summed E-state index contributed by atoms with van der Waals surface area (Å²) in [6, 6.07) is 19.8. The average molecular weight is 348 g/mol. The Balaban J connectivity index is 1.82. The van der Waals surface area contributed by atoms with E-state index in [0.29, 0.717) is 12.4 Å². The Morgan fingerprint density at radius 1 is 0.808 bits per heavy atom. The Morgan fingerprint density at radius 3 is 2.12 bits per heavy atom. The fraction of sp³-hybridized carbons (Fsp3) is 0.182. The van der Waals surface area contributed by atoms with Crippen LogP contribution in [0.5, 0.6) is 5.75 Å². The van der Waals surface area contributed by atoms with Crippen LogP contribution < -0.4 is 4.74 Å². The quantitative estimate of drug-likeness (QED) is 0.487. The van der Waals surface area contributed by atoms with E-state index in [-0.39, 0.29) is 17.0 Å². The van der Waals surface area contributed by atoms with Gasteiger partial charge in [-0.15, -0.1) is 0 Å². The number of carbonyl (C=O) groups excluding carboxylic acids is 2. The summed E-state index contributed by atoms with van der Waals surface area (Å²) in [5, 5.41) is 2.03. The second-order valence-corrected chi connectivity index (χ2v) is 6.44. The zero-order valence-electron chi connectivity index (χ0n) is 14.8. The Hall–Kier alpha value is -3.14. The highest BCUT2D eigenvalue weighted by Gasteiger charge is 2.20. The number of hydrogen-bond donors (Lipinski definition) is 0. The molecule has 0 saturated carbocycles. The van der Waals surface area contributed by atoms with Crippen LogP contribution in [0.25, 0.3) is 10.8 Å². The van der Waals surface area contributed by atoms with E-state index in [2.05, 4.69) is 0 Å². The van der Waals surface area contributed by atoms with Gasteiger partial charge in [0.25, 0.3) is 0 Å². The van der Waals surface area contributed by atoms with Crippen LogP contribution in [0, 0.1) is 5.92 Å². The minimum atomic E-state index is -0.586. The molecule has 0 N–H and O–H groups in total. The first kappa shape index (κ1) is 17.7. The van der Waals surface area contributed by atoms with Crippen molar-refractivity contribution in [1.82, 2.24) is 0 Å². The molecule has 0 unspecified atom stereocenters. The molecule has 0 saturated heterocycles. The lowest BCUT2D eigenvalue weighted by Crippen LogP contribution is -2.17. The molecule has 0 bridgehead atoms. The van der Waals surface area contributed by atoms with Crippen LogP contribution in [-0.4, -0.2) is 18.5 Å². The fourth-order valence-electron chi connectivity index (χ4n) is 2.55. The third kappa shape index (κ3) is 4.09. The SMILES string of the molecule is CC(C)COC(=O)c1ccccc1C(=O)Oc1ccc2ccccc2c1. The molecule has 0 radical (unpaired) electrons. The van der Waals surface area contributed by atoms with Gasteiger partial charge in [-0.3, -0.25) is 0 Å². The summed E-state index contributed by atoms with van der Waals surface area (Å²) < 4.78 is 10.7. The van der Waals surface area contributed by atoms with Gasteiger partial charge in [0, 0.05) is 0 Å². The summed E-state index contributed by atoms with van der Waals surface area (Å²) in [7, 11) is 0. The van der Waals surface area contributed by atoms with Crippen LogP contribution in [0.15, 0.2) is 66.7 Å². The summed E-state index contributed by atoms with van der Waals surface area (Å²) in [5.41, 5.74) is 0.397. The van der Waals surface area contributed by atoms with E-state index < -0.39 is 11.9 Å². The summed E-state index contributed by atoms with van der Waals surface area (Å²) in [6.07, 6.45) is 0. The van der Waals surface area contributed by atoms with Gasteiger partial charge >= 0.3 is 11.9 Å². The lowest BCUT2D eigenvalue weighted by atomic mass is 10.1. The van der Waals surface area contributed by atoms with Crippen molar-refractivity contribution in [3.8, 4) is 5.75 Å². The first-order valence-electron chi connectivity index (χ1n) is 8.51. The molecule has 0 heterocycles. The van der Waals surface area contributed by atoms with Gasteiger partial charge in [0.05, 0.1) is 17.7 Å². The Labute approximate surface area is 152 Å². The molecular formula is C22H20O4. The highest BCUT2D eigenvalue weighted by Crippen LogP contribution is 2.22. The van der Waals surface area contributed by atoms with Crippen molar-refractivity contribution < 1.29 is 19.1 Å². The predicted octanol–water partition coefficient (Wildman–Crippen LogP) is 4.87. The molecule has 0 aliphatic carbocycles. The van der Waals surface area contributed by atoms with Gasteiger partial charge in [0.1, 0.15) is 5.75 Å². The normalized spacial score (nSPS) is 10.7. The molecular weight excluding hydrogens is 328 g/mol. The smallest absolute Gasteiger partial charge is 0.344 e. The van der Waals surface area contributed by atoms with Crippen LogP contribution in [0.2, 0.25) is 0 Å². The standard InChI is InChI=1S/C22H20O4/c1-15(2)14-25-21(23)19-9-5-6-10-20(19)22(24)26-18-12-11-16-7-3-4-8-17(16)13-18/h3-13,15H,14H2,1-2H3. The Kier molecular flexibility index (Phi) is 5.32. The van der Waals surface area contributed by atoms with Crippen LogP contribution >= 0.6 is 0 Å². The monoisotopic (exact) mass is 348 g/mol. The van der Waals surface area contributed by atoms with Gasteiger partial charge in [-0.1, -0.05) is 56.3 Å². The van der Waals surface area contributed by atoms with Crippen LogP contribution in [0.3, 0.4) is 0 Å². The fourth-order valence-corrected chi connectivity index (χ4v) is 2.55. The number of carbonyl (C=O) groups is 2. The molecule has 0 spiro atoms. The summed E-state index contributed by atoms with van der Waals surface area (Å²) in [4.78, 5) is 24.9. The van der Waals surface area contributed by atoms with E-state index in [1.165, 1.54) is 0 Å². The number of esters is 2. The van der Waals surface area contributed by atoms with Gasteiger partial charge < -0.3 is 9.47 Å². The lowest BCUT2D eigenvalue weighted by Gasteiger charge is -2.11. The highest BCUT2D eigenvalue weighted by molar-refractivity contribution is 6.04. The zero-order chi connectivity index (χ0) is 18.5. The minimum Gasteiger partial charge on any atom is -0.462 e. The molecule has 132 valence electrons. The third-order valence-corrected chi connectivity index (χ3v) is 3.85. The zero-order valence-corrected chi connectivity index (χ0v) is 14.8. The summed E-state index contributed by atoms with van der Waals surface area (Å²) in [6.45, 7) is 4.20. The van der Waals surface area contributed by atoms with Gasteiger partial charge in [-0.2, -0.15) is 0 Å². The first-order chi connectivity index (χ1) is 12.5. The Morgan fingerprint density at radius 2 is 1.42 bits per heavy atom. The van der Waals surface area contributed by atoms with Crippen molar-refractivity contribution in [3.63, 3.8) is 0 Å². The number of rotatable bonds is 5. The van der Waals surface area contributed by atoms with E-state index in [9.17, 15) is 9.59 Å². The van der Waals surface area contributed by atoms with Gasteiger partial charge in [0.2, 0.25) is 0 Å². The van der Waals surface area contributed by atoms with Gasteiger partial charge in [-0.25, -0.2) is 9.59 Å². The Bertz CT molecular complexity index is 944. The number of ether oxygens (including phenoxy) is 2. The van der Waals surface area contributed by atoms with Crippen molar-refractivity contribution in [2.24, 2.45) is 5.92 Å². The molecule has 3 rings (SSSR count). The maximum Gasteiger partial charge on any atom is 0.344 e. The van der Waals surface area contributed by atoms with Gasteiger partial charge in [0.15, 0.2) is 0 Å². The molecule has 0 amide bonds. The maximum atomic E-state index is 12.6. The van der Waals surface area contributed by atoms with E-state index in [1.807, 2.05) is 44.2 Å². The van der Waals surface area contributed by atoms with Crippen molar-refractivity contribution in [2.75, 3.05) is 6.61 Å². The largest absolute Gasteiger partial charge is 0.462 e. The molecule has 0 atom stereocenters. The minimum absolute atomic E-state index is 0.189. The van der Waals surface area contributed by atoms with Crippen LogP contribution in [-0.2, 0) is 4.74 Å². The molecule has 0 aliphatic rings. The number of fused-ring (bicyclic) bond motifs is 1. The second kappa shape index (κ2) is 7.83. The second-order valence-electron chi connectivity index (χ2n) is 6.44. The first-order valence-corrected chi connectivity index (χ1v) is 8.51. The number of benzene rings is 3. The van der Waals surface area contributed by atoms with Crippen molar-refractivity contribution in [3.05, 3.63) is 77.9 Å². The molecule has 0 aliphatic heterocycles. The summed E-state index contributed by atoms with van der Waals surface area (Å²) in [5.74, 6) is -0.461. The molecule has 4 nitrogen and oxygen atoms in total. The van der Waals surface area contributed by atoms with Gasteiger partial charge in [-0.05, 0) is 41.0 Å². The molecule has 0 aromatic heterocycles. The predicted molar refractivity (Wildman–Crippen MR) is 100 cm³/mol. The molecule has 0 fully saturated rings. The number of hydrogen-bond acceptors (Lipinski definition) is 4. The molecule has 26 heavy (non-hydrogen) atoms. The van der Waals surface area contributed by atoms with E-state index in [4.69, 9.17) is 9.47 Å². The topological polar surface area (TPSA) is 52.6 Å². The maximum absolute atomic E-state index is 12.6. The van der Waals surface area contributed by atoms with E-state index in [0.717, 1.165) is 10.8 Å². The van der Waals surface area contributed by atoms with Crippen LogP contribution in [0.4, 0.5) is 0 Å². The van der Waals surface area contributed by atoms with Crippen molar-refractivity contribution >= 4 is 22.7 Å². The van der Waals surface area contributed by atoms with E-state index >= 15 is 0 Å². The van der Waals surface area contributed by atoms with Crippen molar-refractivity contribution in [2.45, 2.75) is 13.8 Å². The summed E-state index contributed by atoms with van der Waals surface area (Å²) >= 11 is 0. The average Bonchev–Trinajstić information content (AvgIpc) is 2.66. The van der Waals surface area contributed by atoms with E-state index in [1.54, 1.807) is 36.4 Å².